The molecule has 0 bridgehead atoms. The Morgan fingerprint density at radius 1 is 0.607 bits per heavy atom. The summed E-state index contributed by atoms with van der Waals surface area (Å²) in [6.07, 6.45) is 4.99. The topological polar surface area (TPSA) is 38.9 Å². The maximum absolute atomic E-state index is 6.17. The molecule has 0 spiro atoms. The van der Waals surface area contributed by atoms with Crippen LogP contribution in [0.3, 0.4) is 0 Å². The van der Waals surface area contributed by atoms with Crippen LogP contribution in [0.25, 0.3) is 55.6 Å². The van der Waals surface area contributed by atoms with Gasteiger partial charge in [-0.3, -0.25) is 0 Å². The van der Waals surface area contributed by atoms with E-state index >= 15 is 0 Å². The van der Waals surface area contributed by atoms with Gasteiger partial charge in [0.1, 0.15) is 5.58 Å². The van der Waals surface area contributed by atoms with Gasteiger partial charge in [0.25, 0.3) is 0 Å². The van der Waals surface area contributed by atoms with Crippen molar-refractivity contribution in [3.05, 3.63) is 174 Å². The molecule has 0 aliphatic rings. The van der Waals surface area contributed by atoms with E-state index in [0.29, 0.717) is 11.8 Å². The zero-order valence-electron chi connectivity index (χ0n) is 33.7. The molecular formula is C51H50IrN2OSi-2. The zero-order valence-corrected chi connectivity index (χ0v) is 37.1. The summed E-state index contributed by atoms with van der Waals surface area (Å²) in [5.41, 5.74) is 14.8. The van der Waals surface area contributed by atoms with E-state index in [4.69, 9.17) is 9.40 Å². The van der Waals surface area contributed by atoms with Crippen molar-refractivity contribution in [1.82, 2.24) is 9.97 Å². The van der Waals surface area contributed by atoms with E-state index in [-0.39, 0.29) is 20.1 Å². The van der Waals surface area contributed by atoms with Crippen molar-refractivity contribution in [2.45, 2.75) is 72.5 Å². The van der Waals surface area contributed by atoms with Gasteiger partial charge in [0, 0.05) is 37.9 Å². The molecule has 3 heterocycles. The maximum Gasteiger partial charge on any atom is 0.121 e. The minimum Gasteiger partial charge on any atom is -0.500 e. The number of aromatic nitrogens is 2. The van der Waals surface area contributed by atoms with Gasteiger partial charge in [-0.05, 0) is 87.3 Å². The molecule has 5 aromatic carbocycles. The number of nitrogens with zero attached hydrogens (tertiary/aromatic N) is 2. The molecule has 285 valence electrons. The van der Waals surface area contributed by atoms with Crippen LogP contribution < -0.4 is 5.19 Å². The molecule has 56 heavy (non-hydrogen) atoms. The average molecular weight is 927 g/mol. The van der Waals surface area contributed by atoms with Crippen molar-refractivity contribution in [2.75, 3.05) is 0 Å². The Hall–Kier alpha value is -4.93. The molecule has 0 N–H and O–H groups in total. The van der Waals surface area contributed by atoms with E-state index in [0.717, 1.165) is 50.9 Å². The minimum absolute atomic E-state index is 0. The molecule has 5 heteroatoms. The van der Waals surface area contributed by atoms with E-state index in [1.165, 1.54) is 44.1 Å². The third-order valence-electron chi connectivity index (χ3n) is 10.3. The quantitative estimate of drug-likeness (QED) is 0.113. The van der Waals surface area contributed by atoms with Crippen LogP contribution in [0.2, 0.25) is 19.6 Å². The molecule has 1 radical (unpaired) electrons. The van der Waals surface area contributed by atoms with Gasteiger partial charge in [-0.15, -0.1) is 59.7 Å². The molecule has 8 aromatic rings. The summed E-state index contributed by atoms with van der Waals surface area (Å²) in [6, 6.07) is 49.2. The standard InChI is InChI=1S/C34H28NO.C17H22NSi.Ir/c1-22(2)29-20-32(35-21-23(29)3)28-13-15-34-31(19-28)30-18-27(12-14-33(30)36-34)26-11-7-10-25(17-26)16-24-8-5-4-6-9-24;1-13(2)15-11-16(14-9-7-6-8-10-14)18-12-17(15)19(3,4)5;/h4-12,14-15,17-22H,16H2,1-3H3;6-9,11-13H,1-5H3;/q2*-1;. The van der Waals surface area contributed by atoms with Crippen LogP contribution in [-0.2, 0) is 26.5 Å². The van der Waals surface area contributed by atoms with Crippen LogP contribution >= 0.6 is 0 Å². The first-order valence-electron chi connectivity index (χ1n) is 19.4. The van der Waals surface area contributed by atoms with E-state index in [1.54, 1.807) is 0 Å². The molecule has 3 aromatic heterocycles. The number of hydrogen-bond acceptors (Lipinski definition) is 3. The predicted octanol–water partition coefficient (Wildman–Crippen LogP) is 13.4. The second kappa shape index (κ2) is 17.5. The number of fused-ring (bicyclic) bond motifs is 3. The molecule has 0 aliphatic carbocycles. The van der Waals surface area contributed by atoms with Crippen molar-refractivity contribution in [1.29, 1.82) is 0 Å². The van der Waals surface area contributed by atoms with Gasteiger partial charge in [-0.1, -0.05) is 131 Å². The van der Waals surface area contributed by atoms with Gasteiger partial charge in [0.15, 0.2) is 0 Å². The van der Waals surface area contributed by atoms with E-state index in [9.17, 15) is 0 Å². The number of hydrogen-bond donors (Lipinski definition) is 0. The number of rotatable bonds is 8. The maximum atomic E-state index is 6.17. The number of aryl methyl sites for hydroxylation is 1. The molecule has 0 atom stereocenters. The monoisotopic (exact) mass is 927 g/mol. The van der Waals surface area contributed by atoms with Crippen molar-refractivity contribution in [3.63, 3.8) is 0 Å². The third-order valence-corrected chi connectivity index (χ3v) is 12.3. The van der Waals surface area contributed by atoms with Gasteiger partial charge in [0.05, 0.1) is 13.7 Å². The van der Waals surface area contributed by atoms with Crippen LogP contribution in [0.5, 0.6) is 0 Å². The summed E-state index contributed by atoms with van der Waals surface area (Å²) in [4.78, 5) is 9.37. The zero-order chi connectivity index (χ0) is 38.7. The Balaban J connectivity index is 0.000000226. The average Bonchev–Trinajstić information content (AvgIpc) is 3.56. The fourth-order valence-corrected chi connectivity index (χ4v) is 9.00. The minimum atomic E-state index is -1.34. The molecular weight excluding hydrogens is 877 g/mol. The molecule has 8 rings (SSSR count). The fraction of sp³-hybridized carbons (Fsp3) is 0.216. The van der Waals surface area contributed by atoms with Gasteiger partial charge in [0.2, 0.25) is 0 Å². The summed E-state index contributed by atoms with van der Waals surface area (Å²) < 4.78 is 6.17. The first-order chi connectivity index (χ1) is 26.4. The first kappa shape index (κ1) is 40.7. The molecule has 3 nitrogen and oxygen atoms in total. The van der Waals surface area contributed by atoms with Crippen LogP contribution in [0.4, 0.5) is 0 Å². The number of benzene rings is 5. The van der Waals surface area contributed by atoms with E-state index in [2.05, 4.69) is 175 Å². The third kappa shape index (κ3) is 9.19. The van der Waals surface area contributed by atoms with E-state index < -0.39 is 8.07 Å². The van der Waals surface area contributed by atoms with Crippen molar-refractivity contribution < 1.29 is 24.5 Å². The Kier molecular flexibility index (Phi) is 12.7. The summed E-state index contributed by atoms with van der Waals surface area (Å²) in [6.45, 7) is 18.2. The second-order valence-corrected chi connectivity index (χ2v) is 21.3. The number of pyridine rings is 2. The summed E-state index contributed by atoms with van der Waals surface area (Å²) in [5, 5.41) is 3.68. The molecule has 0 fully saturated rings. The molecule has 0 saturated heterocycles. The van der Waals surface area contributed by atoms with Crippen LogP contribution in [0.15, 0.2) is 138 Å². The molecule has 0 amide bonds. The largest absolute Gasteiger partial charge is 0.500 e. The van der Waals surface area contributed by atoms with Crippen LogP contribution in [-0.4, -0.2) is 18.0 Å². The second-order valence-electron chi connectivity index (χ2n) is 16.2. The summed E-state index contributed by atoms with van der Waals surface area (Å²) >= 11 is 0. The van der Waals surface area contributed by atoms with E-state index in [1.807, 2.05) is 30.5 Å². The molecule has 0 unspecified atom stereocenters. The van der Waals surface area contributed by atoms with Crippen molar-refractivity contribution >= 4 is 35.2 Å². The smallest absolute Gasteiger partial charge is 0.121 e. The Bertz CT molecular complexity index is 2570. The Labute approximate surface area is 347 Å². The molecule has 0 aliphatic heterocycles. The summed E-state index contributed by atoms with van der Waals surface area (Å²) in [5.74, 6) is 0.984. The Morgan fingerprint density at radius 3 is 1.98 bits per heavy atom. The number of furan rings is 1. The van der Waals surface area contributed by atoms with Crippen molar-refractivity contribution in [2.24, 2.45) is 0 Å². The Morgan fingerprint density at radius 2 is 1.27 bits per heavy atom. The fourth-order valence-electron chi connectivity index (χ4n) is 7.32. The normalized spacial score (nSPS) is 11.5. The molecule has 0 saturated carbocycles. The SMILES string of the molecule is CC(C)c1cc(-c2[c-]cccc2)ncc1[Si](C)(C)C.Cc1cnc(-c2[c-]cc3oc4ccc(-c5cccc(Cc6ccccc6)c5)cc4c3c2)cc1C(C)C.[Ir]. The van der Waals surface area contributed by atoms with Gasteiger partial charge < -0.3 is 14.4 Å². The van der Waals surface area contributed by atoms with Crippen molar-refractivity contribution in [3.8, 4) is 33.6 Å². The summed E-state index contributed by atoms with van der Waals surface area (Å²) in [7, 11) is -1.34. The first-order valence-corrected chi connectivity index (χ1v) is 22.9. The van der Waals surface area contributed by atoms with Crippen LogP contribution in [0.1, 0.15) is 67.3 Å². The predicted molar refractivity (Wildman–Crippen MR) is 235 cm³/mol. The van der Waals surface area contributed by atoms with Gasteiger partial charge in [-0.2, -0.15) is 0 Å². The van der Waals surface area contributed by atoms with Gasteiger partial charge in [-0.25, -0.2) is 0 Å². The van der Waals surface area contributed by atoms with Crippen LogP contribution in [0, 0.1) is 19.1 Å². The van der Waals surface area contributed by atoms with Gasteiger partial charge >= 0.3 is 0 Å².